The van der Waals surface area contributed by atoms with Crippen LogP contribution in [0.25, 0.3) is 0 Å². The van der Waals surface area contributed by atoms with Gasteiger partial charge < -0.3 is 10.4 Å². The molecule has 1 aromatic rings. The van der Waals surface area contributed by atoms with E-state index in [0.717, 1.165) is 35.4 Å². The topological polar surface area (TPSA) is 32.3 Å². The molecule has 1 fully saturated rings. The van der Waals surface area contributed by atoms with Crippen molar-refractivity contribution in [1.29, 1.82) is 0 Å². The van der Waals surface area contributed by atoms with Gasteiger partial charge >= 0.3 is 0 Å². The fourth-order valence-corrected chi connectivity index (χ4v) is 2.93. The Bertz CT molecular complexity index is 399. The summed E-state index contributed by atoms with van der Waals surface area (Å²) in [6, 6.07) is 5.99. The van der Waals surface area contributed by atoms with Gasteiger partial charge in [0.1, 0.15) is 0 Å². The highest BCUT2D eigenvalue weighted by Crippen LogP contribution is 2.25. The number of nitrogens with one attached hydrogen (secondary N) is 1. The van der Waals surface area contributed by atoms with Crippen LogP contribution in [0, 0.1) is 5.92 Å². The van der Waals surface area contributed by atoms with Gasteiger partial charge in [0.25, 0.3) is 0 Å². The molecular weight excluding hydrogens is 314 g/mol. The first kappa shape index (κ1) is 14.3. The smallest absolute Gasteiger partial charge is 0.0580 e. The molecule has 2 nitrogen and oxygen atoms in total. The quantitative estimate of drug-likeness (QED) is 0.880. The normalized spacial score (nSPS) is 24.2. The molecule has 1 aliphatic rings. The maximum absolute atomic E-state index is 9.88. The molecule has 0 spiro atoms. The van der Waals surface area contributed by atoms with E-state index in [-0.39, 0.29) is 6.10 Å². The van der Waals surface area contributed by atoms with Gasteiger partial charge in [-0.1, -0.05) is 30.5 Å². The number of hydrogen-bond donors (Lipinski definition) is 2. The van der Waals surface area contributed by atoms with Gasteiger partial charge in [-0.05, 0) is 52.4 Å². The summed E-state index contributed by atoms with van der Waals surface area (Å²) in [5.74, 6) is 0.407. The molecule has 0 bridgehead atoms. The van der Waals surface area contributed by atoms with Crippen LogP contribution in [0.5, 0.6) is 0 Å². The van der Waals surface area contributed by atoms with Gasteiger partial charge in [0.15, 0.2) is 0 Å². The minimum atomic E-state index is -0.125. The molecule has 2 unspecified atom stereocenters. The summed E-state index contributed by atoms with van der Waals surface area (Å²) in [5.41, 5.74) is 1.17. The number of aliphatic hydroxyl groups excluding tert-OH is 1. The van der Waals surface area contributed by atoms with Crippen LogP contribution in [0.15, 0.2) is 22.7 Å². The summed E-state index contributed by atoms with van der Waals surface area (Å²) >= 11 is 9.43. The lowest BCUT2D eigenvalue weighted by molar-refractivity contribution is 0.0695. The zero-order valence-electron chi connectivity index (χ0n) is 10.3. The largest absolute Gasteiger partial charge is 0.393 e. The van der Waals surface area contributed by atoms with Gasteiger partial charge in [0.05, 0.1) is 11.1 Å². The molecule has 100 valence electrons. The maximum Gasteiger partial charge on any atom is 0.0580 e. The second kappa shape index (κ2) is 6.90. The minimum Gasteiger partial charge on any atom is -0.393 e. The van der Waals surface area contributed by atoms with E-state index in [4.69, 9.17) is 11.6 Å². The van der Waals surface area contributed by atoms with E-state index in [9.17, 15) is 5.11 Å². The Morgan fingerprint density at radius 2 is 2.11 bits per heavy atom. The summed E-state index contributed by atoms with van der Waals surface area (Å²) in [6.45, 7) is 1.69. The molecule has 0 aliphatic heterocycles. The van der Waals surface area contributed by atoms with Crippen molar-refractivity contribution >= 4 is 27.5 Å². The van der Waals surface area contributed by atoms with E-state index < -0.39 is 0 Å². The van der Waals surface area contributed by atoms with Crippen LogP contribution in [0.3, 0.4) is 0 Å². The third kappa shape index (κ3) is 3.95. The number of aliphatic hydroxyl groups is 1. The van der Waals surface area contributed by atoms with Crippen LogP contribution < -0.4 is 5.32 Å². The summed E-state index contributed by atoms with van der Waals surface area (Å²) in [4.78, 5) is 0. The Balaban J connectivity index is 1.79. The van der Waals surface area contributed by atoms with E-state index in [0.29, 0.717) is 5.92 Å². The zero-order valence-corrected chi connectivity index (χ0v) is 12.7. The van der Waals surface area contributed by atoms with Crippen LogP contribution in [0.1, 0.15) is 31.2 Å². The molecule has 2 atom stereocenters. The van der Waals surface area contributed by atoms with Crippen molar-refractivity contribution in [3.63, 3.8) is 0 Å². The van der Waals surface area contributed by atoms with Crippen LogP contribution in [0.4, 0.5) is 0 Å². The van der Waals surface area contributed by atoms with Gasteiger partial charge in [-0.15, -0.1) is 0 Å². The minimum absolute atomic E-state index is 0.125. The molecule has 0 aromatic heterocycles. The van der Waals surface area contributed by atoms with Crippen molar-refractivity contribution in [2.75, 3.05) is 6.54 Å². The Hall–Kier alpha value is -0.0900. The second-order valence-corrected chi connectivity index (χ2v) is 6.25. The first-order valence-electron chi connectivity index (χ1n) is 6.49. The van der Waals surface area contributed by atoms with Gasteiger partial charge in [0.2, 0.25) is 0 Å². The molecular formula is C14H19BrClNO. The standard InChI is InChI=1S/C14H19BrClNO/c15-12-6-5-10(7-13(12)16)8-17-9-11-3-1-2-4-14(11)18/h5-7,11,14,17-18H,1-4,8-9H2. The van der Waals surface area contributed by atoms with Gasteiger partial charge in [-0.25, -0.2) is 0 Å². The number of benzene rings is 1. The van der Waals surface area contributed by atoms with Gasteiger partial charge in [-0.2, -0.15) is 0 Å². The lowest BCUT2D eigenvalue weighted by Gasteiger charge is -2.27. The number of hydrogen-bond acceptors (Lipinski definition) is 2. The third-order valence-electron chi connectivity index (χ3n) is 3.59. The summed E-state index contributed by atoms with van der Waals surface area (Å²) < 4.78 is 0.926. The molecule has 0 amide bonds. The SMILES string of the molecule is OC1CCCCC1CNCc1ccc(Br)c(Cl)c1. The Kier molecular flexibility index (Phi) is 5.49. The van der Waals surface area contributed by atoms with Crippen molar-refractivity contribution in [2.24, 2.45) is 5.92 Å². The van der Waals surface area contributed by atoms with Crippen LogP contribution in [-0.4, -0.2) is 17.8 Å². The highest BCUT2D eigenvalue weighted by molar-refractivity contribution is 9.10. The summed E-state index contributed by atoms with van der Waals surface area (Å²) in [7, 11) is 0. The van der Waals surface area contributed by atoms with Gasteiger partial charge in [-0.3, -0.25) is 0 Å². The van der Waals surface area contributed by atoms with Crippen LogP contribution in [0.2, 0.25) is 5.02 Å². The maximum atomic E-state index is 9.88. The molecule has 0 radical (unpaired) electrons. The van der Waals surface area contributed by atoms with Crippen molar-refractivity contribution in [2.45, 2.75) is 38.3 Å². The average molecular weight is 333 g/mol. The predicted molar refractivity (Wildman–Crippen MR) is 78.8 cm³/mol. The summed E-state index contributed by atoms with van der Waals surface area (Å²) in [6.07, 6.45) is 4.37. The molecule has 0 heterocycles. The van der Waals surface area contributed by atoms with E-state index in [1.165, 1.54) is 18.4 Å². The average Bonchev–Trinajstić information content (AvgIpc) is 2.36. The highest BCUT2D eigenvalue weighted by Gasteiger charge is 2.22. The van der Waals surface area contributed by atoms with Crippen LogP contribution >= 0.6 is 27.5 Å². The fraction of sp³-hybridized carbons (Fsp3) is 0.571. The molecule has 1 saturated carbocycles. The lowest BCUT2D eigenvalue weighted by atomic mass is 9.86. The predicted octanol–water partition coefficient (Wildman–Crippen LogP) is 3.74. The number of halogens is 2. The molecule has 1 aromatic carbocycles. The first-order chi connectivity index (χ1) is 8.66. The monoisotopic (exact) mass is 331 g/mol. The summed E-state index contributed by atoms with van der Waals surface area (Å²) in [5, 5.41) is 14.0. The molecule has 2 rings (SSSR count). The lowest BCUT2D eigenvalue weighted by Crippen LogP contribution is -2.33. The van der Waals surface area contributed by atoms with E-state index in [1.54, 1.807) is 0 Å². The van der Waals surface area contributed by atoms with Crippen molar-refractivity contribution < 1.29 is 5.11 Å². The Morgan fingerprint density at radius 1 is 1.33 bits per heavy atom. The third-order valence-corrected chi connectivity index (χ3v) is 4.82. The van der Waals surface area contributed by atoms with Crippen LogP contribution in [-0.2, 0) is 6.54 Å². The molecule has 2 N–H and O–H groups in total. The van der Waals surface area contributed by atoms with Crippen molar-refractivity contribution in [3.05, 3.63) is 33.3 Å². The van der Waals surface area contributed by atoms with E-state index in [2.05, 4.69) is 27.3 Å². The van der Waals surface area contributed by atoms with E-state index >= 15 is 0 Å². The zero-order chi connectivity index (χ0) is 13.0. The Labute approximate surface area is 122 Å². The molecule has 4 heteroatoms. The molecule has 18 heavy (non-hydrogen) atoms. The van der Waals surface area contributed by atoms with Crippen molar-refractivity contribution in [1.82, 2.24) is 5.32 Å². The second-order valence-electron chi connectivity index (χ2n) is 4.99. The first-order valence-corrected chi connectivity index (χ1v) is 7.66. The highest BCUT2D eigenvalue weighted by atomic mass is 79.9. The molecule has 0 saturated heterocycles. The van der Waals surface area contributed by atoms with Gasteiger partial charge in [0, 0.05) is 17.6 Å². The van der Waals surface area contributed by atoms with Crippen molar-refractivity contribution in [3.8, 4) is 0 Å². The fourth-order valence-electron chi connectivity index (χ4n) is 2.48. The molecule has 1 aliphatic carbocycles. The van der Waals surface area contributed by atoms with E-state index in [1.807, 2.05) is 12.1 Å². The number of rotatable bonds is 4. The Morgan fingerprint density at radius 3 is 2.83 bits per heavy atom.